The Bertz CT molecular complexity index is 2830. The van der Waals surface area contributed by atoms with Crippen LogP contribution in [0.2, 0.25) is 0 Å². The summed E-state index contributed by atoms with van der Waals surface area (Å²) in [5.41, 5.74) is 3.34. The Morgan fingerprint density at radius 2 is 1.12 bits per heavy atom. The molecule has 9 rings (SSSR count). The number of hydrogen-bond donors (Lipinski definition) is 1. The van der Waals surface area contributed by atoms with E-state index >= 15 is 0 Å². The van der Waals surface area contributed by atoms with Gasteiger partial charge in [0.1, 0.15) is 0 Å². The van der Waals surface area contributed by atoms with Gasteiger partial charge in [-0.2, -0.15) is 8.42 Å². The van der Waals surface area contributed by atoms with E-state index in [1.165, 1.54) is 30.3 Å². The Morgan fingerprint density at radius 3 is 1.71 bits per heavy atom. The average molecular weight is 736 g/mol. The van der Waals surface area contributed by atoms with E-state index in [9.17, 15) is 21.4 Å². The van der Waals surface area contributed by atoms with Crippen molar-refractivity contribution in [3.8, 4) is 0 Å². The Balaban J connectivity index is 0.00000348. The van der Waals surface area contributed by atoms with Gasteiger partial charge in [-0.15, -0.1) is 0 Å². The summed E-state index contributed by atoms with van der Waals surface area (Å²) in [7, 11) is -8.07. The number of nitrogens with zero attached hydrogens (tertiary/aromatic N) is 8. The monoisotopic (exact) mass is 735 g/mol. The summed E-state index contributed by atoms with van der Waals surface area (Å²) >= 11 is 0. The van der Waals surface area contributed by atoms with Crippen LogP contribution in [0.25, 0.3) is 32.2 Å². The Kier molecular flexibility index (Phi) is 6.96. The minimum Gasteiger partial charge on any atom is -0.451 e. The summed E-state index contributed by atoms with van der Waals surface area (Å²) in [4.78, 5) is 28.8. The molecule has 4 aromatic carbocycles. The van der Waals surface area contributed by atoms with E-state index in [0.29, 0.717) is 44.3 Å². The van der Waals surface area contributed by atoms with E-state index in [2.05, 4.69) is 0 Å². The quantitative estimate of drug-likeness (QED) is 0.201. The minimum absolute atomic E-state index is 0. The molecule has 0 saturated carbocycles. The molecule has 2 aromatic heterocycles. The van der Waals surface area contributed by atoms with Crippen LogP contribution in [0.1, 0.15) is 34.6 Å². The van der Waals surface area contributed by atoms with Gasteiger partial charge in [0.15, 0.2) is 9.84 Å². The molecule has 0 fully saturated rings. The molecule has 0 amide bonds. The summed E-state index contributed by atoms with van der Waals surface area (Å²) in [6, 6.07) is 23.7. The second-order valence-corrected chi connectivity index (χ2v) is 14.9. The van der Waals surface area contributed by atoms with E-state index in [4.69, 9.17) is 40.6 Å². The van der Waals surface area contributed by atoms with Crippen LogP contribution < -0.4 is 20.9 Å². The molecule has 1 N–H and O–H groups in total. The molecular formula is C33H20CuN8O5S2-4. The number of rotatable bonds is 2. The minimum atomic E-state index is -4.53. The van der Waals surface area contributed by atoms with E-state index in [1.807, 2.05) is 48.5 Å². The maximum atomic E-state index is 12.5. The molecule has 13 nitrogen and oxygen atoms in total. The van der Waals surface area contributed by atoms with Gasteiger partial charge in [0, 0.05) is 46.6 Å². The summed E-state index contributed by atoms with van der Waals surface area (Å²) < 4.78 is 59.1. The summed E-state index contributed by atoms with van der Waals surface area (Å²) in [6.07, 6.45) is -0.428. The fraction of sp³-hybridized carbons (Fsp3) is 0.0909. The molecule has 249 valence electrons. The normalized spacial score (nSPS) is 21.3. The van der Waals surface area contributed by atoms with Crippen molar-refractivity contribution in [3.63, 3.8) is 0 Å². The first-order valence-corrected chi connectivity index (χ1v) is 17.9. The smallest absolute Gasteiger partial charge is 0.294 e. The van der Waals surface area contributed by atoms with Crippen LogP contribution in [-0.2, 0) is 37.0 Å². The van der Waals surface area contributed by atoms with Crippen molar-refractivity contribution in [3.05, 3.63) is 129 Å². The SMILES string of the molecule is CS(=O)(=O)c1ccc2c3[n-]c(c2c1)/N=C1\[N-]C(/N=c2\[n-]/c(c4cc(S(=O)(=O)O)ccc24)=N\C2[N-]/C(=N\3)c3ccccc32)c2ccccc21.[Cu]. The molecule has 2 atom stereocenters. The van der Waals surface area contributed by atoms with Crippen LogP contribution in [0.3, 0.4) is 0 Å². The molecule has 3 aliphatic heterocycles. The van der Waals surface area contributed by atoms with Gasteiger partial charge in [0.25, 0.3) is 10.1 Å². The molecule has 1 radical (unpaired) electrons. The Hall–Kier alpha value is -5.12. The molecule has 3 aliphatic rings. The van der Waals surface area contributed by atoms with E-state index in [-0.39, 0.29) is 49.5 Å². The van der Waals surface area contributed by atoms with Gasteiger partial charge >= 0.3 is 0 Å². The van der Waals surface area contributed by atoms with Crippen molar-refractivity contribution in [2.45, 2.75) is 22.1 Å². The van der Waals surface area contributed by atoms with Gasteiger partial charge in [-0.25, -0.2) is 8.42 Å². The van der Waals surface area contributed by atoms with Gasteiger partial charge in [-0.05, 0) is 79.7 Å². The van der Waals surface area contributed by atoms with Crippen molar-refractivity contribution < 1.29 is 38.5 Å². The fourth-order valence-electron chi connectivity index (χ4n) is 6.18. The van der Waals surface area contributed by atoms with Gasteiger partial charge in [0.05, 0.1) is 9.79 Å². The standard InChI is InChI=1S/C33H20N8O5S2.Cu/c1-47(42,43)16-10-12-22-24(14-16)32-38-28-20-8-4-2-6-18(20)27(34-28)37-31-23-13-11-17(48(44,45)46)15-25(23)33(41-31)39-29-21-9-5-3-7-19(21)26(35-29)36-30(22)40-32;/h2-15,27,29H,1H3,(H-3,34,35,36,37,38,39,41,44,45,46);/q-4;. The fourth-order valence-corrected chi connectivity index (χ4v) is 7.33. The molecule has 2 unspecified atom stereocenters. The number of amidine groups is 2. The number of aromatic nitrogens is 2. The van der Waals surface area contributed by atoms with Crippen LogP contribution in [0.15, 0.2) is 115 Å². The van der Waals surface area contributed by atoms with Crippen LogP contribution in [0.4, 0.5) is 11.6 Å². The van der Waals surface area contributed by atoms with Crippen LogP contribution >= 0.6 is 0 Å². The average Bonchev–Trinajstić information content (AvgIpc) is 3.79. The number of sulfone groups is 1. The number of hydrogen-bond acceptors (Lipinski definition) is 8. The van der Waals surface area contributed by atoms with Crippen molar-refractivity contribution >= 4 is 64.8 Å². The molecule has 16 heteroatoms. The topological polar surface area (TPSA) is 194 Å². The number of benzene rings is 4. The molecule has 49 heavy (non-hydrogen) atoms. The van der Waals surface area contributed by atoms with E-state index in [1.54, 1.807) is 6.07 Å². The zero-order valence-electron chi connectivity index (χ0n) is 25.0. The van der Waals surface area contributed by atoms with Gasteiger partial charge in [0.2, 0.25) is 0 Å². The third kappa shape index (κ3) is 5.07. The molecule has 0 aliphatic carbocycles. The van der Waals surface area contributed by atoms with E-state index in [0.717, 1.165) is 17.4 Å². The molecule has 8 bridgehead atoms. The van der Waals surface area contributed by atoms with Crippen molar-refractivity contribution in [2.24, 2.45) is 20.0 Å². The van der Waals surface area contributed by atoms with Crippen LogP contribution in [-0.4, -0.2) is 39.3 Å². The molecule has 0 spiro atoms. The van der Waals surface area contributed by atoms with Gasteiger partial charge < -0.3 is 40.6 Å². The Morgan fingerprint density at radius 1 is 0.612 bits per heavy atom. The third-order valence-corrected chi connectivity index (χ3v) is 10.4. The first-order valence-electron chi connectivity index (χ1n) is 14.6. The number of fused-ring (bicyclic) bond motifs is 20. The molecule has 6 aromatic rings. The van der Waals surface area contributed by atoms with Crippen molar-refractivity contribution in [1.29, 1.82) is 0 Å². The van der Waals surface area contributed by atoms with E-state index < -0.39 is 32.3 Å². The number of aliphatic imine (C=N–C) groups is 2. The summed E-state index contributed by atoms with van der Waals surface area (Å²) in [5.74, 6) is 1.20. The Labute approximate surface area is 289 Å². The maximum absolute atomic E-state index is 12.5. The maximum Gasteiger partial charge on any atom is 0.294 e. The van der Waals surface area contributed by atoms with Crippen molar-refractivity contribution in [2.75, 3.05) is 6.26 Å². The predicted molar refractivity (Wildman–Crippen MR) is 177 cm³/mol. The van der Waals surface area contributed by atoms with Crippen LogP contribution in [0.5, 0.6) is 0 Å². The summed E-state index contributed by atoms with van der Waals surface area (Å²) in [5, 5.41) is 11.6. The molecular weight excluding hydrogens is 716 g/mol. The second-order valence-electron chi connectivity index (χ2n) is 11.5. The van der Waals surface area contributed by atoms with Gasteiger partial charge in [-0.3, -0.25) is 4.55 Å². The van der Waals surface area contributed by atoms with Crippen molar-refractivity contribution in [1.82, 2.24) is 9.97 Å². The zero-order valence-corrected chi connectivity index (χ0v) is 27.6. The first kappa shape index (κ1) is 31.2. The third-order valence-electron chi connectivity index (χ3n) is 8.46. The van der Waals surface area contributed by atoms with Crippen LogP contribution in [0, 0.1) is 0 Å². The molecule has 0 saturated heterocycles. The predicted octanol–water partition coefficient (Wildman–Crippen LogP) is 4.44. The summed E-state index contributed by atoms with van der Waals surface area (Å²) in [6.45, 7) is 0. The molecule has 5 heterocycles. The second kappa shape index (κ2) is 10.9. The van der Waals surface area contributed by atoms with Gasteiger partial charge in [-0.1, -0.05) is 72.3 Å². The first-order chi connectivity index (χ1) is 23.0. The zero-order chi connectivity index (χ0) is 32.9. The largest absolute Gasteiger partial charge is 0.451 e.